The molecular weight excluding hydrogens is 468 g/mol. The van der Waals surface area contributed by atoms with E-state index in [0.717, 1.165) is 75.9 Å². The molecule has 0 spiro atoms. The Kier molecular flexibility index (Phi) is 7.83. The van der Waals surface area contributed by atoms with Crippen molar-refractivity contribution in [2.75, 3.05) is 47.8 Å². The largest absolute Gasteiger partial charge is 0.368 e. The maximum atomic E-state index is 12.2. The van der Waals surface area contributed by atoms with Gasteiger partial charge in [-0.15, -0.1) is 0 Å². The van der Waals surface area contributed by atoms with E-state index in [2.05, 4.69) is 50.3 Å². The molecule has 1 atom stereocenters. The molecule has 10 nitrogen and oxygen atoms in total. The second-order valence-corrected chi connectivity index (χ2v) is 10.6. The number of anilines is 4. The average molecular weight is 507 g/mol. The van der Waals surface area contributed by atoms with Gasteiger partial charge < -0.3 is 15.5 Å². The molecule has 2 aromatic heterocycles. The van der Waals surface area contributed by atoms with Crippen molar-refractivity contribution in [2.24, 2.45) is 5.92 Å². The monoisotopic (exact) mass is 506 g/mol. The molecule has 4 heterocycles. The van der Waals surface area contributed by atoms with Crippen LogP contribution >= 0.6 is 0 Å². The van der Waals surface area contributed by atoms with E-state index < -0.39 is 0 Å². The van der Waals surface area contributed by atoms with Crippen LogP contribution in [0.1, 0.15) is 51.5 Å². The van der Waals surface area contributed by atoms with Crippen LogP contribution in [-0.2, 0) is 16.0 Å². The van der Waals surface area contributed by atoms with Crippen molar-refractivity contribution in [1.29, 1.82) is 0 Å². The highest BCUT2D eigenvalue weighted by Crippen LogP contribution is 2.31. The first-order valence-corrected chi connectivity index (χ1v) is 13.6. The number of hydrogen-bond acceptors (Lipinski definition) is 8. The first-order valence-electron chi connectivity index (χ1n) is 13.6. The third-order valence-corrected chi connectivity index (χ3v) is 7.94. The molecule has 1 saturated carbocycles. The first kappa shape index (κ1) is 25.4. The van der Waals surface area contributed by atoms with E-state index in [0.29, 0.717) is 36.6 Å². The maximum absolute atomic E-state index is 12.2. The van der Waals surface area contributed by atoms with Gasteiger partial charge in [-0.2, -0.15) is 4.98 Å². The Labute approximate surface area is 218 Å². The first-order chi connectivity index (χ1) is 18.0. The Bertz CT molecular complexity index is 1080. The van der Waals surface area contributed by atoms with Crippen LogP contribution in [0.15, 0.2) is 24.5 Å². The van der Waals surface area contributed by atoms with Gasteiger partial charge in [0.25, 0.3) is 0 Å². The zero-order valence-corrected chi connectivity index (χ0v) is 21.9. The van der Waals surface area contributed by atoms with Crippen LogP contribution in [0.25, 0.3) is 0 Å². The zero-order valence-electron chi connectivity index (χ0n) is 21.9. The SMILES string of the molecule is CC(C)N1CCN(c2ccc(Nc3ncc(CC4CCNC4=O)c(N(C=O)C4CCCC4)n3)nc2)CC1. The van der Waals surface area contributed by atoms with Crippen LogP contribution in [0.5, 0.6) is 0 Å². The Morgan fingerprint density at radius 3 is 2.51 bits per heavy atom. The Balaban J connectivity index is 1.32. The number of carbonyl (C=O) groups excluding carboxylic acids is 2. The summed E-state index contributed by atoms with van der Waals surface area (Å²) in [5, 5.41) is 6.11. The number of nitrogens with zero attached hydrogens (tertiary/aromatic N) is 6. The van der Waals surface area contributed by atoms with Gasteiger partial charge in [0.05, 0.1) is 11.9 Å². The number of amides is 2. The molecule has 2 saturated heterocycles. The molecule has 5 rings (SSSR count). The van der Waals surface area contributed by atoms with E-state index in [1.54, 1.807) is 11.1 Å². The van der Waals surface area contributed by atoms with Gasteiger partial charge in [0.15, 0.2) is 0 Å². The molecule has 0 aromatic carbocycles. The fourth-order valence-corrected chi connectivity index (χ4v) is 5.68. The summed E-state index contributed by atoms with van der Waals surface area (Å²) in [6.45, 7) is 9.25. The molecule has 10 heteroatoms. The van der Waals surface area contributed by atoms with Gasteiger partial charge in [0, 0.05) is 62.5 Å². The van der Waals surface area contributed by atoms with Crippen LogP contribution < -0.4 is 20.4 Å². The Morgan fingerprint density at radius 1 is 1.11 bits per heavy atom. The lowest BCUT2D eigenvalue weighted by Gasteiger charge is -2.38. The lowest BCUT2D eigenvalue weighted by Crippen LogP contribution is -2.48. The number of pyridine rings is 1. The highest BCUT2D eigenvalue weighted by molar-refractivity contribution is 5.82. The number of rotatable bonds is 9. The van der Waals surface area contributed by atoms with Gasteiger partial charge in [-0.25, -0.2) is 9.97 Å². The molecule has 2 aliphatic heterocycles. The summed E-state index contributed by atoms with van der Waals surface area (Å²) in [6, 6.07) is 4.72. The molecule has 37 heavy (non-hydrogen) atoms. The molecule has 0 radical (unpaired) electrons. The predicted molar refractivity (Wildman–Crippen MR) is 144 cm³/mol. The normalized spacial score (nSPS) is 20.9. The van der Waals surface area contributed by atoms with Crippen LogP contribution in [0.2, 0.25) is 0 Å². The van der Waals surface area contributed by atoms with Crippen molar-refractivity contribution < 1.29 is 9.59 Å². The van der Waals surface area contributed by atoms with Crippen LogP contribution in [-0.4, -0.2) is 77.0 Å². The molecule has 2 amide bonds. The molecule has 198 valence electrons. The topological polar surface area (TPSA) is 107 Å². The Morgan fingerprint density at radius 2 is 1.89 bits per heavy atom. The molecule has 2 aromatic rings. The number of nitrogens with one attached hydrogen (secondary N) is 2. The van der Waals surface area contributed by atoms with Crippen molar-refractivity contribution in [2.45, 2.75) is 64.5 Å². The minimum atomic E-state index is -0.116. The summed E-state index contributed by atoms with van der Waals surface area (Å²) >= 11 is 0. The van der Waals surface area contributed by atoms with Crippen molar-refractivity contribution in [1.82, 2.24) is 25.2 Å². The van der Waals surface area contributed by atoms with Crippen molar-refractivity contribution in [3.8, 4) is 0 Å². The smallest absolute Gasteiger partial charge is 0.230 e. The molecule has 0 bridgehead atoms. The summed E-state index contributed by atoms with van der Waals surface area (Å²) in [4.78, 5) is 44.9. The Hall–Kier alpha value is -3.27. The second-order valence-electron chi connectivity index (χ2n) is 10.6. The summed E-state index contributed by atoms with van der Waals surface area (Å²) in [5.74, 6) is 1.58. The molecular formula is C27H38N8O2. The van der Waals surface area contributed by atoms with Crippen molar-refractivity contribution in [3.05, 3.63) is 30.1 Å². The molecule has 2 N–H and O–H groups in total. The van der Waals surface area contributed by atoms with Crippen LogP contribution in [0, 0.1) is 5.92 Å². The standard InChI is InChI=1S/C27H38N8O2/c1-19(2)33-11-13-34(14-12-33)23-7-8-24(29-17-23)31-27-30-16-21(15-20-9-10-28-26(20)37)25(32-27)35(18-36)22-5-3-4-6-22/h7-8,16-20,22H,3-6,9-15H2,1-2H3,(H,28,37)(H,29,30,31,32). The lowest BCUT2D eigenvalue weighted by atomic mass is 9.99. The zero-order chi connectivity index (χ0) is 25.8. The van der Waals surface area contributed by atoms with E-state index in [4.69, 9.17) is 4.98 Å². The minimum absolute atomic E-state index is 0.0570. The number of carbonyl (C=O) groups is 2. The van der Waals surface area contributed by atoms with E-state index in [1.165, 1.54) is 0 Å². The fraction of sp³-hybridized carbons (Fsp3) is 0.593. The summed E-state index contributed by atoms with van der Waals surface area (Å²) < 4.78 is 0. The van der Waals surface area contributed by atoms with Crippen LogP contribution in [0.4, 0.5) is 23.3 Å². The lowest BCUT2D eigenvalue weighted by molar-refractivity contribution is -0.122. The van der Waals surface area contributed by atoms with Gasteiger partial charge in [0.2, 0.25) is 18.3 Å². The highest BCUT2D eigenvalue weighted by atomic mass is 16.2. The average Bonchev–Trinajstić information content (AvgIpc) is 3.59. The van der Waals surface area contributed by atoms with Gasteiger partial charge >= 0.3 is 0 Å². The third kappa shape index (κ3) is 5.84. The number of aromatic nitrogens is 3. The minimum Gasteiger partial charge on any atom is -0.368 e. The predicted octanol–water partition coefficient (Wildman–Crippen LogP) is 2.73. The molecule has 3 fully saturated rings. The summed E-state index contributed by atoms with van der Waals surface area (Å²) in [5.41, 5.74) is 1.93. The summed E-state index contributed by atoms with van der Waals surface area (Å²) in [6.07, 6.45) is 9.96. The van der Waals surface area contributed by atoms with E-state index in [1.807, 2.05) is 12.3 Å². The highest BCUT2D eigenvalue weighted by Gasteiger charge is 2.30. The third-order valence-electron chi connectivity index (χ3n) is 7.94. The van der Waals surface area contributed by atoms with Gasteiger partial charge in [0.1, 0.15) is 11.6 Å². The van der Waals surface area contributed by atoms with Crippen molar-refractivity contribution in [3.63, 3.8) is 0 Å². The van der Waals surface area contributed by atoms with Crippen molar-refractivity contribution >= 4 is 35.6 Å². The van der Waals surface area contributed by atoms with Gasteiger partial charge in [-0.1, -0.05) is 12.8 Å². The number of piperazine rings is 1. The van der Waals surface area contributed by atoms with E-state index in [-0.39, 0.29) is 17.9 Å². The molecule has 3 aliphatic rings. The molecule has 1 unspecified atom stereocenters. The van der Waals surface area contributed by atoms with Crippen LogP contribution in [0.3, 0.4) is 0 Å². The second kappa shape index (κ2) is 11.4. The summed E-state index contributed by atoms with van der Waals surface area (Å²) in [7, 11) is 0. The number of hydrogen-bond donors (Lipinski definition) is 2. The van der Waals surface area contributed by atoms with E-state index in [9.17, 15) is 9.59 Å². The van der Waals surface area contributed by atoms with E-state index >= 15 is 0 Å². The van der Waals surface area contributed by atoms with Gasteiger partial charge in [-0.3, -0.25) is 19.4 Å². The van der Waals surface area contributed by atoms with Gasteiger partial charge in [-0.05, 0) is 51.7 Å². The quantitative estimate of drug-likeness (QED) is 0.500. The molecule has 1 aliphatic carbocycles. The fourth-order valence-electron chi connectivity index (χ4n) is 5.68. The maximum Gasteiger partial charge on any atom is 0.230 e.